The first-order valence-electron chi connectivity index (χ1n) is 7.06. The van der Waals surface area contributed by atoms with Crippen molar-refractivity contribution in [2.75, 3.05) is 7.11 Å². The second-order valence-electron chi connectivity index (χ2n) is 4.83. The molecule has 1 atom stereocenters. The van der Waals surface area contributed by atoms with Gasteiger partial charge in [0.1, 0.15) is 6.04 Å². The molecule has 0 saturated heterocycles. The second kappa shape index (κ2) is 10.6. The molecule has 1 rings (SSSR count). The summed E-state index contributed by atoms with van der Waals surface area (Å²) < 4.78 is 33.9. The van der Waals surface area contributed by atoms with Crippen LogP contribution in [0.1, 0.15) is 25.3 Å². The molecule has 1 unspecified atom stereocenters. The van der Waals surface area contributed by atoms with Gasteiger partial charge in [-0.2, -0.15) is 8.78 Å². The van der Waals surface area contributed by atoms with E-state index >= 15 is 0 Å². The largest absolute Gasteiger partial charge is 0.493 e. The number of rotatable bonds is 10. The molecule has 0 radical (unpaired) electrons. The molecule has 2 N–H and O–H groups in total. The van der Waals surface area contributed by atoms with Gasteiger partial charge in [0.25, 0.3) is 5.69 Å². The lowest BCUT2D eigenvalue weighted by Crippen LogP contribution is -2.36. The summed E-state index contributed by atoms with van der Waals surface area (Å²) in [6.07, 6.45) is 0.948. The van der Waals surface area contributed by atoms with E-state index in [-0.39, 0.29) is 30.3 Å². The van der Waals surface area contributed by atoms with Crippen LogP contribution >= 0.6 is 12.4 Å². The van der Waals surface area contributed by atoms with E-state index in [1.165, 1.54) is 13.2 Å². The van der Waals surface area contributed by atoms with Crippen LogP contribution in [0.3, 0.4) is 0 Å². The number of nitrogens with one attached hydrogen (secondary N) is 1. The van der Waals surface area contributed by atoms with Crippen molar-refractivity contribution < 1.29 is 33.1 Å². The summed E-state index contributed by atoms with van der Waals surface area (Å²) in [5.41, 5.74) is -0.375. The lowest BCUT2D eigenvalue weighted by molar-refractivity contribution is -0.385. The Morgan fingerprint density at radius 1 is 1.40 bits per heavy atom. The Balaban J connectivity index is 0.00000576. The number of aliphatic carboxylic acids is 1. The molecule has 11 heteroatoms. The minimum absolute atomic E-state index is 0. The second-order valence-corrected chi connectivity index (χ2v) is 4.83. The van der Waals surface area contributed by atoms with E-state index in [1.807, 2.05) is 0 Å². The summed E-state index contributed by atoms with van der Waals surface area (Å²) in [5.74, 6) is -1.66. The molecule has 0 aliphatic heterocycles. The van der Waals surface area contributed by atoms with Crippen molar-refractivity contribution in [3.05, 3.63) is 27.8 Å². The molecule has 0 aromatic heterocycles. The number of benzene rings is 1. The summed E-state index contributed by atoms with van der Waals surface area (Å²) in [5, 5.41) is 22.9. The highest BCUT2D eigenvalue weighted by Gasteiger charge is 2.23. The van der Waals surface area contributed by atoms with E-state index in [0.717, 1.165) is 6.07 Å². The quantitative estimate of drug-likeness (QED) is 0.471. The Kier molecular flexibility index (Phi) is 9.69. The molecule has 0 amide bonds. The van der Waals surface area contributed by atoms with Crippen LogP contribution in [0.15, 0.2) is 12.1 Å². The van der Waals surface area contributed by atoms with Gasteiger partial charge in [0.2, 0.25) is 0 Å². The lowest BCUT2D eigenvalue weighted by atomic mass is 10.1. The third kappa shape index (κ3) is 6.67. The molecule has 1 aromatic carbocycles. The van der Waals surface area contributed by atoms with Crippen molar-refractivity contribution in [3.63, 3.8) is 0 Å². The number of halogens is 3. The van der Waals surface area contributed by atoms with Crippen LogP contribution in [0.25, 0.3) is 0 Å². The Labute approximate surface area is 148 Å². The molecular weight excluding hydrogens is 366 g/mol. The van der Waals surface area contributed by atoms with Gasteiger partial charge in [-0.05, 0) is 12.5 Å². The number of hydrogen-bond donors (Lipinski definition) is 2. The third-order valence-corrected chi connectivity index (χ3v) is 3.19. The van der Waals surface area contributed by atoms with Gasteiger partial charge in [-0.25, -0.2) is 0 Å². The molecule has 0 heterocycles. The van der Waals surface area contributed by atoms with E-state index in [4.69, 9.17) is 9.84 Å². The van der Waals surface area contributed by atoms with E-state index in [0.29, 0.717) is 12.8 Å². The van der Waals surface area contributed by atoms with Crippen LogP contribution in [0, 0.1) is 10.1 Å². The summed E-state index contributed by atoms with van der Waals surface area (Å²) >= 11 is 0. The molecule has 0 aliphatic carbocycles. The number of methoxy groups -OCH3 is 1. The maximum absolute atomic E-state index is 12.4. The monoisotopic (exact) mass is 384 g/mol. The maximum atomic E-state index is 12.4. The Morgan fingerprint density at radius 2 is 2.04 bits per heavy atom. The number of carboxylic acid groups (broad SMARTS) is 1. The predicted molar refractivity (Wildman–Crippen MR) is 86.7 cm³/mol. The van der Waals surface area contributed by atoms with Gasteiger partial charge in [0.15, 0.2) is 11.5 Å². The van der Waals surface area contributed by atoms with Gasteiger partial charge in [-0.3, -0.25) is 14.9 Å². The summed E-state index contributed by atoms with van der Waals surface area (Å²) in [6.45, 7) is -1.50. The van der Waals surface area contributed by atoms with Crippen LogP contribution in [0.4, 0.5) is 14.5 Å². The van der Waals surface area contributed by atoms with E-state index in [9.17, 15) is 23.7 Å². The van der Waals surface area contributed by atoms with Gasteiger partial charge >= 0.3 is 12.6 Å². The van der Waals surface area contributed by atoms with Gasteiger partial charge in [-0.1, -0.05) is 13.3 Å². The molecule has 142 valence electrons. The highest BCUT2D eigenvalue weighted by Crippen LogP contribution is 2.35. The summed E-state index contributed by atoms with van der Waals surface area (Å²) in [4.78, 5) is 21.5. The van der Waals surface area contributed by atoms with Gasteiger partial charge in [0, 0.05) is 12.1 Å². The smallest absolute Gasteiger partial charge is 0.387 e. The first-order valence-corrected chi connectivity index (χ1v) is 7.06. The Hall–Kier alpha value is -2.20. The van der Waals surface area contributed by atoms with E-state index in [1.54, 1.807) is 6.92 Å². The molecule has 1 aromatic rings. The zero-order chi connectivity index (χ0) is 18.3. The van der Waals surface area contributed by atoms with Crippen molar-refractivity contribution >= 4 is 24.1 Å². The SMILES string of the molecule is CCCC(NCc1cc(OC)c(OC(F)F)cc1[N+](=O)[O-])C(=O)O.Cl. The number of alkyl halides is 2. The highest BCUT2D eigenvalue weighted by molar-refractivity contribution is 5.85. The molecule has 0 saturated carbocycles. The molecule has 25 heavy (non-hydrogen) atoms. The minimum atomic E-state index is -3.16. The van der Waals surface area contributed by atoms with Crippen LogP contribution < -0.4 is 14.8 Å². The lowest BCUT2D eigenvalue weighted by Gasteiger charge is -2.15. The first kappa shape index (κ1) is 22.8. The normalized spacial score (nSPS) is 11.6. The fraction of sp³-hybridized carbons (Fsp3) is 0.500. The predicted octanol–water partition coefficient (Wildman–Crippen LogP) is 2.97. The maximum Gasteiger partial charge on any atom is 0.387 e. The fourth-order valence-corrected chi connectivity index (χ4v) is 2.09. The Morgan fingerprint density at radius 3 is 2.48 bits per heavy atom. The molecular formula is C14H19ClF2N2O6. The van der Waals surface area contributed by atoms with Crippen molar-refractivity contribution in [1.82, 2.24) is 5.32 Å². The van der Waals surface area contributed by atoms with Crippen molar-refractivity contribution in [2.45, 2.75) is 39.0 Å². The summed E-state index contributed by atoms with van der Waals surface area (Å²) in [6, 6.07) is 1.13. The van der Waals surface area contributed by atoms with Crippen LogP contribution in [-0.4, -0.2) is 35.8 Å². The van der Waals surface area contributed by atoms with E-state index in [2.05, 4.69) is 10.1 Å². The first-order chi connectivity index (χ1) is 11.3. The van der Waals surface area contributed by atoms with Crippen molar-refractivity contribution in [3.8, 4) is 11.5 Å². The summed E-state index contributed by atoms with van der Waals surface area (Å²) in [7, 11) is 1.20. The molecule has 0 aliphatic rings. The fourth-order valence-electron chi connectivity index (χ4n) is 2.09. The standard InChI is InChI=1S/C14H18F2N2O6.ClH/c1-3-4-9(13(19)20)17-7-8-5-11(23-2)12(24-14(15)16)6-10(8)18(21)22;/h5-6,9,14,17H,3-4,7H2,1-2H3,(H,19,20);1H. The number of nitro groups is 1. The van der Waals surface area contributed by atoms with E-state index < -0.39 is 35.0 Å². The van der Waals surface area contributed by atoms with Gasteiger partial charge in [0.05, 0.1) is 18.1 Å². The third-order valence-electron chi connectivity index (χ3n) is 3.19. The number of hydrogen-bond acceptors (Lipinski definition) is 6. The number of carboxylic acids is 1. The molecule has 0 fully saturated rings. The van der Waals surface area contributed by atoms with Crippen LogP contribution in [0.2, 0.25) is 0 Å². The van der Waals surface area contributed by atoms with Crippen molar-refractivity contribution in [2.24, 2.45) is 0 Å². The van der Waals surface area contributed by atoms with Crippen molar-refractivity contribution in [1.29, 1.82) is 0 Å². The Bertz CT molecular complexity index is 603. The molecule has 8 nitrogen and oxygen atoms in total. The van der Waals surface area contributed by atoms with Gasteiger partial charge in [-0.15, -0.1) is 12.4 Å². The molecule has 0 spiro atoms. The van der Waals surface area contributed by atoms with Gasteiger partial charge < -0.3 is 19.9 Å². The number of ether oxygens (including phenoxy) is 2. The number of nitrogens with zero attached hydrogens (tertiary/aromatic N) is 1. The highest BCUT2D eigenvalue weighted by atomic mass is 35.5. The number of nitro benzene ring substituents is 1. The number of carbonyl (C=O) groups is 1. The average molecular weight is 385 g/mol. The minimum Gasteiger partial charge on any atom is -0.493 e. The zero-order valence-corrected chi connectivity index (χ0v) is 14.3. The average Bonchev–Trinajstić information content (AvgIpc) is 2.50. The topological polar surface area (TPSA) is 111 Å². The molecule has 0 bridgehead atoms. The zero-order valence-electron chi connectivity index (χ0n) is 13.5. The van der Waals surface area contributed by atoms with Crippen LogP contribution in [0.5, 0.6) is 11.5 Å². The van der Waals surface area contributed by atoms with Crippen LogP contribution in [-0.2, 0) is 11.3 Å².